The van der Waals surface area contributed by atoms with Crippen molar-refractivity contribution in [3.8, 4) is 0 Å². The monoisotopic (exact) mass is 514 g/mol. The van der Waals surface area contributed by atoms with Crippen LogP contribution in [0.5, 0.6) is 0 Å². The number of rotatable bonds is 8. The minimum absolute atomic E-state index is 0.0728. The molecule has 2 heterocycles. The molecule has 2 aliphatic heterocycles. The number of piperidine rings is 2. The van der Waals surface area contributed by atoms with Crippen molar-refractivity contribution in [1.82, 2.24) is 19.9 Å². The molecule has 35 heavy (non-hydrogen) atoms. The molecule has 0 bridgehead atoms. The molecule has 0 saturated carbocycles. The second kappa shape index (κ2) is 10.9. The highest BCUT2D eigenvalue weighted by atomic mass is 32.2. The predicted molar refractivity (Wildman–Crippen MR) is 143 cm³/mol. The fraction of sp³-hybridized carbons (Fsp3) is 0.923. The number of thioether (sulfide) groups is 1. The maximum atomic E-state index is 13.0. The van der Waals surface area contributed by atoms with Crippen molar-refractivity contribution in [1.29, 1.82) is 0 Å². The van der Waals surface area contributed by atoms with Gasteiger partial charge in [-0.25, -0.2) is 0 Å². The number of nitrogens with zero attached hydrogens (tertiary/aromatic N) is 4. The third-order valence-electron chi connectivity index (χ3n) is 7.84. The van der Waals surface area contributed by atoms with Crippen molar-refractivity contribution in [2.45, 2.75) is 115 Å². The SMILES string of the molecule is CON1C(C)(C)CC(N(C)C(=O)CSCC(=O)N(C)C2CC(C)(C)N(OC)C(C)(C)C2)CC1(C)C. The van der Waals surface area contributed by atoms with Crippen molar-refractivity contribution in [3.05, 3.63) is 0 Å². The van der Waals surface area contributed by atoms with Gasteiger partial charge in [-0.2, -0.15) is 10.1 Å². The van der Waals surface area contributed by atoms with E-state index in [0.29, 0.717) is 11.5 Å². The van der Waals surface area contributed by atoms with Crippen LogP contribution < -0.4 is 0 Å². The lowest BCUT2D eigenvalue weighted by Crippen LogP contribution is -2.64. The third-order valence-corrected chi connectivity index (χ3v) is 8.74. The van der Waals surface area contributed by atoms with Crippen molar-refractivity contribution < 1.29 is 19.3 Å². The summed E-state index contributed by atoms with van der Waals surface area (Å²) in [5.41, 5.74) is -0.716. The summed E-state index contributed by atoms with van der Waals surface area (Å²) in [7, 11) is 7.21. The van der Waals surface area contributed by atoms with Crippen molar-refractivity contribution in [2.24, 2.45) is 0 Å². The molecule has 8 nitrogen and oxygen atoms in total. The van der Waals surface area contributed by atoms with Gasteiger partial charge in [-0.3, -0.25) is 9.59 Å². The Bertz CT molecular complexity index is 672. The van der Waals surface area contributed by atoms with Gasteiger partial charge in [0, 0.05) is 48.3 Å². The average molecular weight is 515 g/mol. The van der Waals surface area contributed by atoms with E-state index >= 15 is 0 Å². The van der Waals surface area contributed by atoms with Gasteiger partial charge in [0.15, 0.2) is 0 Å². The van der Waals surface area contributed by atoms with E-state index in [1.54, 1.807) is 14.2 Å². The molecule has 2 aliphatic rings. The zero-order valence-electron chi connectivity index (χ0n) is 24.2. The van der Waals surface area contributed by atoms with Crippen LogP contribution in [0.1, 0.15) is 81.1 Å². The highest BCUT2D eigenvalue weighted by Crippen LogP contribution is 2.41. The molecule has 0 aromatic carbocycles. The van der Waals surface area contributed by atoms with Gasteiger partial charge in [-0.05, 0) is 81.1 Å². The summed E-state index contributed by atoms with van der Waals surface area (Å²) >= 11 is 1.41. The number of hydroxylamine groups is 4. The van der Waals surface area contributed by atoms with Crippen LogP contribution in [0, 0.1) is 0 Å². The highest BCUT2D eigenvalue weighted by Gasteiger charge is 2.49. The molecule has 0 aromatic rings. The molecule has 204 valence electrons. The molecule has 2 saturated heterocycles. The first-order chi connectivity index (χ1) is 15.9. The minimum Gasteiger partial charge on any atom is -0.342 e. The average Bonchev–Trinajstić information content (AvgIpc) is 2.69. The maximum Gasteiger partial charge on any atom is 0.232 e. The summed E-state index contributed by atoms with van der Waals surface area (Å²) in [6.45, 7) is 17.3. The molecular weight excluding hydrogens is 464 g/mol. The van der Waals surface area contributed by atoms with E-state index in [4.69, 9.17) is 9.68 Å². The molecule has 0 aliphatic carbocycles. The summed E-state index contributed by atoms with van der Waals surface area (Å²) in [5, 5.41) is 4.11. The van der Waals surface area contributed by atoms with Gasteiger partial charge in [0.25, 0.3) is 0 Å². The third kappa shape index (κ3) is 6.72. The predicted octanol–water partition coefficient (Wildman–Crippen LogP) is 3.80. The van der Waals surface area contributed by atoms with Crippen molar-refractivity contribution in [2.75, 3.05) is 39.8 Å². The zero-order chi connectivity index (χ0) is 27.0. The number of carbonyl (C=O) groups excluding carboxylic acids is 2. The number of amides is 2. The molecule has 0 spiro atoms. The van der Waals surface area contributed by atoms with Crippen LogP contribution >= 0.6 is 11.8 Å². The summed E-state index contributed by atoms with van der Waals surface area (Å²) in [6.07, 6.45) is 3.35. The Labute approximate surface area is 217 Å². The van der Waals surface area contributed by atoms with Gasteiger partial charge in [0.2, 0.25) is 11.8 Å². The molecule has 2 rings (SSSR count). The van der Waals surface area contributed by atoms with E-state index in [1.807, 2.05) is 23.9 Å². The van der Waals surface area contributed by atoms with E-state index in [1.165, 1.54) is 11.8 Å². The van der Waals surface area contributed by atoms with E-state index in [-0.39, 0.29) is 46.1 Å². The molecule has 0 unspecified atom stereocenters. The van der Waals surface area contributed by atoms with Crippen LogP contribution in [-0.4, -0.2) is 106 Å². The van der Waals surface area contributed by atoms with E-state index in [2.05, 4.69) is 65.5 Å². The molecule has 0 aromatic heterocycles. The lowest BCUT2D eigenvalue weighted by molar-refractivity contribution is -0.271. The van der Waals surface area contributed by atoms with E-state index in [9.17, 15) is 9.59 Å². The maximum absolute atomic E-state index is 13.0. The summed E-state index contributed by atoms with van der Waals surface area (Å²) < 4.78 is 0. The molecule has 9 heteroatoms. The van der Waals surface area contributed by atoms with Gasteiger partial charge in [0.05, 0.1) is 25.7 Å². The van der Waals surface area contributed by atoms with Gasteiger partial charge >= 0.3 is 0 Å². The van der Waals surface area contributed by atoms with Gasteiger partial charge in [0.1, 0.15) is 0 Å². The van der Waals surface area contributed by atoms with Crippen molar-refractivity contribution >= 4 is 23.6 Å². The fourth-order valence-corrected chi connectivity index (χ4v) is 7.65. The lowest BCUT2D eigenvalue weighted by atomic mass is 9.78. The smallest absolute Gasteiger partial charge is 0.232 e. The summed E-state index contributed by atoms with van der Waals surface area (Å²) in [5.74, 6) is 0.758. The summed E-state index contributed by atoms with van der Waals surface area (Å²) in [4.78, 5) is 41.2. The largest absolute Gasteiger partial charge is 0.342 e. The van der Waals surface area contributed by atoms with Crippen LogP contribution in [0.2, 0.25) is 0 Å². The van der Waals surface area contributed by atoms with Crippen LogP contribution in [0.25, 0.3) is 0 Å². The first-order valence-corrected chi connectivity index (χ1v) is 13.8. The minimum atomic E-state index is -0.179. The molecule has 0 atom stereocenters. The van der Waals surface area contributed by atoms with Crippen LogP contribution in [0.15, 0.2) is 0 Å². The quantitative estimate of drug-likeness (QED) is 0.488. The molecule has 2 fully saturated rings. The van der Waals surface area contributed by atoms with Crippen molar-refractivity contribution in [3.63, 3.8) is 0 Å². The Morgan fingerprint density at radius 3 is 1.17 bits per heavy atom. The van der Waals surface area contributed by atoms with Crippen LogP contribution in [0.3, 0.4) is 0 Å². The van der Waals surface area contributed by atoms with E-state index in [0.717, 1.165) is 25.7 Å². The first-order valence-electron chi connectivity index (χ1n) is 12.7. The van der Waals surface area contributed by atoms with Gasteiger partial charge in [-0.15, -0.1) is 11.8 Å². The van der Waals surface area contributed by atoms with Crippen LogP contribution in [-0.2, 0) is 19.3 Å². The van der Waals surface area contributed by atoms with E-state index < -0.39 is 0 Å². The van der Waals surface area contributed by atoms with Gasteiger partial charge in [-0.1, -0.05) is 0 Å². The standard InChI is InChI=1S/C26H50N4O4S/c1-23(2)13-19(14-24(3,4)29(23)33-11)27(9)21(31)17-35-18-22(32)28(10)20-15-25(5,6)30(34-12)26(7,8)16-20/h19-20H,13-18H2,1-12H3. The second-order valence-electron chi connectivity index (χ2n) is 12.8. The molecule has 0 radical (unpaired) electrons. The lowest BCUT2D eigenvalue weighted by Gasteiger charge is -2.54. The Morgan fingerprint density at radius 1 is 0.686 bits per heavy atom. The first kappa shape index (κ1) is 30.4. The summed E-state index contributed by atoms with van der Waals surface area (Å²) in [6, 6.07) is 0.265. The molecule has 2 amide bonds. The highest BCUT2D eigenvalue weighted by molar-refractivity contribution is 8.00. The number of carbonyl (C=O) groups is 2. The Morgan fingerprint density at radius 2 is 0.943 bits per heavy atom. The van der Waals surface area contributed by atoms with Crippen LogP contribution in [0.4, 0.5) is 0 Å². The number of hydrogen-bond donors (Lipinski definition) is 0. The Kier molecular flexibility index (Phi) is 9.41. The topological polar surface area (TPSA) is 65.6 Å². The van der Waals surface area contributed by atoms with Gasteiger partial charge < -0.3 is 19.5 Å². The molecule has 0 N–H and O–H groups in total. The second-order valence-corrected chi connectivity index (χ2v) is 13.8. The Balaban J connectivity index is 1.91. The normalized spacial score (nSPS) is 24.8. The number of hydrogen-bond acceptors (Lipinski definition) is 7. The fourth-order valence-electron chi connectivity index (χ4n) is 6.79. The Hall–Kier alpha value is -0.870. The zero-order valence-corrected chi connectivity index (χ0v) is 25.0. The molecular formula is C26H50N4O4S.